The summed E-state index contributed by atoms with van der Waals surface area (Å²) in [6.07, 6.45) is 0. The summed E-state index contributed by atoms with van der Waals surface area (Å²) >= 11 is 1.78. The zero-order valence-corrected chi connectivity index (χ0v) is 8.47. The molecule has 1 N–H and O–H groups in total. The molecule has 0 aromatic rings. The van der Waals surface area contributed by atoms with Crippen molar-refractivity contribution in [1.29, 1.82) is 0 Å². The van der Waals surface area contributed by atoms with Crippen LogP contribution in [0.4, 0.5) is 0 Å². The van der Waals surface area contributed by atoms with Gasteiger partial charge in [0.05, 0.1) is 4.43 Å². The van der Waals surface area contributed by atoms with E-state index in [4.69, 9.17) is 5.11 Å². The van der Waals surface area contributed by atoms with Crippen molar-refractivity contribution in [3.63, 3.8) is 0 Å². The van der Waals surface area contributed by atoms with Crippen LogP contribution < -0.4 is 0 Å². The summed E-state index contributed by atoms with van der Waals surface area (Å²) in [5.74, 6) is -0.759. The number of alkyl halides is 1. The van der Waals surface area contributed by atoms with Crippen LogP contribution in [0.15, 0.2) is 0 Å². The molecule has 0 spiro atoms. The second-order valence-electron chi connectivity index (χ2n) is 0.527. The van der Waals surface area contributed by atoms with Gasteiger partial charge in [0.2, 0.25) is 0 Å². The zero-order chi connectivity index (χ0) is 4.28. The molecule has 0 aliphatic heterocycles. The molecule has 0 rings (SSSR count). The van der Waals surface area contributed by atoms with Crippen molar-refractivity contribution in [1.82, 2.24) is 0 Å². The first-order valence-corrected chi connectivity index (χ1v) is 2.57. The number of rotatable bonds is 1. The molecule has 0 saturated heterocycles. The molecule has 33 valence electrons. The third-order valence-corrected chi connectivity index (χ3v) is 0.767. The molecule has 0 aliphatic rings. The Morgan fingerprint density at radius 3 is 2.00 bits per heavy atom. The van der Waals surface area contributed by atoms with Crippen molar-refractivity contribution >= 4 is 54.4 Å². The van der Waals surface area contributed by atoms with Gasteiger partial charge in [-0.25, -0.2) is 0 Å². The van der Waals surface area contributed by atoms with Gasteiger partial charge in [0.25, 0.3) is 0 Å². The summed E-state index contributed by atoms with van der Waals surface area (Å²) in [4.78, 5) is 9.36. The van der Waals surface area contributed by atoms with Gasteiger partial charge in [-0.1, -0.05) is 22.6 Å². The quantitative estimate of drug-likeness (QED) is 0.552. The molecule has 4 heteroatoms. The first kappa shape index (κ1) is 10.1. The minimum Gasteiger partial charge on any atom is -0.481 e. The number of hydrogen-bond donors (Lipinski definition) is 1. The van der Waals surface area contributed by atoms with E-state index in [0.29, 0.717) is 0 Å². The molecule has 0 fully saturated rings. The maximum atomic E-state index is 9.36. The molecule has 6 heavy (non-hydrogen) atoms. The number of hydrogen-bond acceptors (Lipinski definition) is 1. The third kappa shape index (κ3) is 8.91. The van der Waals surface area contributed by atoms with Crippen molar-refractivity contribution in [3.05, 3.63) is 0 Å². The fraction of sp³-hybridized carbons (Fsp3) is 0.500. The van der Waals surface area contributed by atoms with Crippen LogP contribution in [-0.2, 0) is 4.79 Å². The van der Waals surface area contributed by atoms with E-state index in [2.05, 4.69) is 0 Å². The molecule has 0 aliphatic carbocycles. The SMILES string of the molecule is O=C(O)CI.[In]. The van der Waals surface area contributed by atoms with Gasteiger partial charge in [0.15, 0.2) is 0 Å². The van der Waals surface area contributed by atoms with Gasteiger partial charge in [0.1, 0.15) is 0 Å². The van der Waals surface area contributed by atoms with Crippen LogP contribution in [-0.4, -0.2) is 41.3 Å². The van der Waals surface area contributed by atoms with E-state index < -0.39 is 5.97 Å². The fourth-order valence-corrected chi connectivity index (χ4v) is 0. The minimum atomic E-state index is -0.759. The Labute approximate surface area is 68.2 Å². The second-order valence-corrected chi connectivity index (χ2v) is 1.29. The van der Waals surface area contributed by atoms with Gasteiger partial charge < -0.3 is 5.11 Å². The zero-order valence-electron chi connectivity index (χ0n) is 3.02. The first-order valence-electron chi connectivity index (χ1n) is 1.05. The molecule has 0 unspecified atom stereocenters. The summed E-state index contributed by atoms with van der Waals surface area (Å²) in [5.41, 5.74) is 0. The monoisotopic (exact) mass is 301 g/mol. The summed E-state index contributed by atoms with van der Waals surface area (Å²) in [7, 11) is 0. The van der Waals surface area contributed by atoms with Gasteiger partial charge in [-0.15, -0.1) is 0 Å². The van der Waals surface area contributed by atoms with Gasteiger partial charge >= 0.3 is 5.97 Å². The van der Waals surface area contributed by atoms with Crippen molar-refractivity contribution in [2.75, 3.05) is 4.43 Å². The van der Waals surface area contributed by atoms with Crippen LogP contribution in [0.5, 0.6) is 0 Å². The van der Waals surface area contributed by atoms with Crippen LogP contribution in [0, 0.1) is 0 Å². The Morgan fingerprint density at radius 2 is 2.00 bits per heavy atom. The molecule has 0 aromatic carbocycles. The standard InChI is InChI=1S/C2H3IO2.In/c3-1-2(4)5;/h1H2,(H,4,5);. The number of carboxylic acids is 1. The molecule has 2 nitrogen and oxygen atoms in total. The third-order valence-electron chi connectivity index (χ3n) is 0.114. The molecule has 3 radical (unpaired) electrons. The molecular formula is C2H3IInO2. The van der Waals surface area contributed by atoms with Gasteiger partial charge in [0, 0.05) is 25.8 Å². The van der Waals surface area contributed by atoms with E-state index in [1.807, 2.05) is 0 Å². The van der Waals surface area contributed by atoms with Gasteiger partial charge in [-0.2, -0.15) is 0 Å². The van der Waals surface area contributed by atoms with Crippen LogP contribution in [0.3, 0.4) is 0 Å². The number of carboxylic acid groups (broad SMARTS) is 1. The van der Waals surface area contributed by atoms with E-state index in [-0.39, 0.29) is 30.3 Å². The van der Waals surface area contributed by atoms with E-state index in [1.54, 1.807) is 22.6 Å². The summed E-state index contributed by atoms with van der Waals surface area (Å²) in [6.45, 7) is 0. The van der Waals surface area contributed by atoms with Gasteiger partial charge in [-0.3, -0.25) is 4.79 Å². The topological polar surface area (TPSA) is 37.3 Å². The molecule has 0 saturated carbocycles. The maximum Gasteiger partial charge on any atom is 0.313 e. The maximum absolute atomic E-state index is 9.36. The first-order chi connectivity index (χ1) is 2.27. The van der Waals surface area contributed by atoms with Crippen molar-refractivity contribution in [2.45, 2.75) is 0 Å². The summed E-state index contributed by atoms with van der Waals surface area (Å²) in [6, 6.07) is 0. The molecule has 0 amide bonds. The van der Waals surface area contributed by atoms with E-state index >= 15 is 0 Å². The van der Waals surface area contributed by atoms with Crippen LogP contribution in [0.2, 0.25) is 0 Å². The minimum absolute atomic E-state index is 0. The average molecular weight is 301 g/mol. The second kappa shape index (κ2) is 6.07. The molecule has 0 heterocycles. The van der Waals surface area contributed by atoms with E-state index in [0.717, 1.165) is 0 Å². The molecular weight excluding hydrogens is 298 g/mol. The largest absolute Gasteiger partial charge is 0.481 e. The Bertz CT molecular complexity index is 46.8. The number of carbonyl (C=O) groups is 1. The molecule has 0 atom stereocenters. The van der Waals surface area contributed by atoms with Crippen molar-refractivity contribution < 1.29 is 9.90 Å². The Kier molecular flexibility index (Phi) is 10.3. The summed E-state index contributed by atoms with van der Waals surface area (Å²) < 4.78 is 0.192. The Balaban J connectivity index is 0. The van der Waals surface area contributed by atoms with E-state index in [9.17, 15) is 4.79 Å². The fourth-order valence-electron chi connectivity index (χ4n) is 0. The molecule has 0 aromatic heterocycles. The van der Waals surface area contributed by atoms with Crippen LogP contribution in [0.1, 0.15) is 0 Å². The Hall–Kier alpha value is 1.07. The average Bonchev–Trinajstić information content (AvgIpc) is 1.38. The van der Waals surface area contributed by atoms with E-state index in [1.165, 1.54) is 0 Å². The Morgan fingerprint density at radius 1 is 1.83 bits per heavy atom. The van der Waals surface area contributed by atoms with Crippen molar-refractivity contribution in [3.8, 4) is 0 Å². The normalized spacial score (nSPS) is 6.17. The smallest absolute Gasteiger partial charge is 0.313 e. The molecule has 0 bridgehead atoms. The summed E-state index contributed by atoms with van der Waals surface area (Å²) in [5, 5.41) is 7.71. The predicted molar refractivity (Wildman–Crippen MR) is 32.3 cm³/mol. The number of halogens is 1. The predicted octanol–water partition coefficient (Wildman–Crippen LogP) is 0.125. The van der Waals surface area contributed by atoms with Gasteiger partial charge in [-0.05, 0) is 0 Å². The van der Waals surface area contributed by atoms with Crippen molar-refractivity contribution in [2.24, 2.45) is 0 Å². The van der Waals surface area contributed by atoms with Crippen LogP contribution in [0.25, 0.3) is 0 Å². The number of aliphatic carboxylic acids is 1. The van der Waals surface area contributed by atoms with Crippen LogP contribution >= 0.6 is 22.6 Å².